The number of thiazole rings is 1. The summed E-state index contributed by atoms with van der Waals surface area (Å²) < 4.78 is 37.5. The van der Waals surface area contributed by atoms with Crippen LogP contribution in [0.3, 0.4) is 0 Å². The number of sulfonamides is 1. The van der Waals surface area contributed by atoms with Crippen molar-refractivity contribution < 1.29 is 22.7 Å². The van der Waals surface area contributed by atoms with Crippen molar-refractivity contribution in [3.05, 3.63) is 29.3 Å². The highest BCUT2D eigenvalue weighted by atomic mass is 32.2. The van der Waals surface area contributed by atoms with Crippen molar-refractivity contribution in [1.82, 2.24) is 9.29 Å². The molecule has 0 bridgehead atoms. The van der Waals surface area contributed by atoms with E-state index >= 15 is 0 Å². The van der Waals surface area contributed by atoms with Gasteiger partial charge in [-0.1, -0.05) is 0 Å². The number of aryl methyl sites for hydroxylation is 1. The van der Waals surface area contributed by atoms with Crippen LogP contribution in [0.1, 0.15) is 11.3 Å². The average Bonchev–Trinajstić information content (AvgIpc) is 2.86. The van der Waals surface area contributed by atoms with Crippen LogP contribution < -0.4 is 14.8 Å². The van der Waals surface area contributed by atoms with E-state index in [1.54, 1.807) is 12.3 Å². The van der Waals surface area contributed by atoms with E-state index in [1.165, 1.54) is 30.5 Å². The molecule has 1 aliphatic rings. The van der Waals surface area contributed by atoms with E-state index in [1.807, 2.05) is 6.92 Å². The van der Waals surface area contributed by atoms with Gasteiger partial charge in [-0.05, 0) is 19.1 Å². The molecule has 1 aromatic heterocycles. The molecule has 0 saturated heterocycles. The van der Waals surface area contributed by atoms with Gasteiger partial charge in [0.05, 0.1) is 24.7 Å². The van der Waals surface area contributed by atoms with Gasteiger partial charge < -0.3 is 14.8 Å². The topological polar surface area (TPSA) is 97.8 Å². The summed E-state index contributed by atoms with van der Waals surface area (Å²) in [5, 5.41) is 3.03. The third-order valence-corrected chi connectivity index (χ3v) is 6.29. The lowest BCUT2D eigenvalue weighted by atomic mass is 10.3. The Morgan fingerprint density at radius 3 is 2.73 bits per heavy atom. The van der Waals surface area contributed by atoms with E-state index in [2.05, 4.69) is 10.3 Å². The van der Waals surface area contributed by atoms with E-state index in [9.17, 15) is 13.2 Å². The Balaban J connectivity index is 1.72. The third kappa shape index (κ3) is 4.14. The van der Waals surface area contributed by atoms with Crippen molar-refractivity contribution >= 4 is 32.4 Å². The van der Waals surface area contributed by atoms with Crippen molar-refractivity contribution in [2.75, 3.05) is 32.1 Å². The van der Waals surface area contributed by atoms with Crippen LogP contribution in [0.4, 0.5) is 5.13 Å². The van der Waals surface area contributed by atoms with Gasteiger partial charge in [0.25, 0.3) is 0 Å². The fraction of sp³-hybridized carbons (Fsp3) is 0.375. The minimum absolute atomic E-state index is 0.0437. The van der Waals surface area contributed by atoms with Gasteiger partial charge in [-0.15, -0.1) is 11.3 Å². The highest BCUT2D eigenvalue weighted by Gasteiger charge is 2.25. The Morgan fingerprint density at radius 1 is 1.31 bits per heavy atom. The summed E-state index contributed by atoms with van der Waals surface area (Å²) in [6, 6.07) is 4.44. The van der Waals surface area contributed by atoms with Crippen LogP contribution in [0.5, 0.6) is 11.5 Å². The molecule has 2 heterocycles. The monoisotopic (exact) mass is 397 g/mol. The molecule has 1 aliphatic heterocycles. The molecule has 3 rings (SSSR count). The molecule has 0 aliphatic carbocycles. The number of benzene rings is 1. The molecule has 26 heavy (non-hydrogen) atoms. The number of rotatable bonds is 5. The number of nitrogens with zero attached hydrogens (tertiary/aromatic N) is 2. The number of ether oxygens (including phenoxy) is 2. The first-order chi connectivity index (χ1) is 12.4. The quantitative estimate of drug-likeness (QED) is 0.827. The lowest BCUT2D eigenvalue weighted by Gasteiger charge is -2.17. The second kappa shape index (κ2) is 7.60. The maximum Gasteiger partial charge on any atom is 0.243 e. The predicted molar refractivity (Wildman–Crippen MR) is 97.3 cm³/mol. The van der Waals surface area contributed by atoms with E-state index in [-0.39, 0.29) is 11.4 Å². The standard InChI is InChI=1S/C16H19N3O5S2/c1-11-9-17-16(25-11)18-15(20)10-19(2)26(21,22)12-4-5-13-14(8-12)24-7-3-6-23-13/h4-5,8-9H,3,6-7,10H2,1-2H3,(H,17,18,20). The predicted octanol–water partition coefficient (Wildman–Crippen LogP) is 1.87. The molecule has 1 aromatic carbocycles. The molecule has 0 saturated carbocycles. The maximum atomic E-state index is 12.7. The molecule has 0 fully saturated rings. The van der Waals surface area contributed by atoms with E-state index in [4.69, 9.17) is 9.47 Å². The van der Waals surface area contributed by atoms with Crippen LogP contribution in [0.2, 0.25) is 0 Å². The molecule has 0 spiro atoms. The molecule has 2 aromatic rings. The number of hydrogen-bond donors (Lipinski definition) is 1. The Labute approximate surface area is 155 Å². The van der Waals surface area contributed by atoms with Crippen LogP contribution in [0.25, 0.3) is 0 Å². The summed E-state index contributed by atoms with van der Waals surface area (Å²) in [4.78, 5) is 17.1. The summed E-state index contributed by atoms with van der Waals surface area (Å²) in [6.07, 6.45) is 2.37. The Kier molecular flexibility index (Phi) is 5.44. The molecule has 8 nitrogen and oxygen atoms in total. The first-order valence-electron chi connectivity index (χ1n) is 7.94. The van der Waals surface area contributed by atoms with Crippen LogP contribution in [0.15, 0.2) is 29.3 Å². The van der Waals surface area contributed by atoms with E-state index < -0.39 is 15.9 Å². The number of hydrogen-bond acceptors (Lipinski definition) is 7. The number of likely N-dealkylation sites (N-methyl/N-ethyl adjacent to an activating group) is 1. The Morgan fingerprint density at radius 2 is 2.04 bits per heavy atom. The van der Waals surface area contributed by atoms with Crippen molar-refractivity contribution in [3.8, 4) is 11.5 Å². The third-order valence-electron chi connectivity index (χ3n) is 3.66. The lowest BCUT2D eigenvalue weighted by Crippen LogP contribution is -2.34. The van der Waals surface area contributed by atoms with E-state index in [0.717, 1.165) is 15.6 Å². The summed E-state index contributed by atoms with van der Waals surface area (Å²) in [7, 11) is -2.49. The van der Waals surface area contributed by atoms with Crippen LogP contribution in [-0.4, -0.2) is 50.4 Å². The molecule has 0 unspecified atom stereocenters. The van der Waals surface area contributed by atoms with Gasteiger partial charge in [0.15, 0.2) is 16.6 Å². The largest absolute Gasteiger partial charge is 0.490 e. The highest BCUT2D eigenvalue weighted by molar-refractivity contribution is 7.89. The molecule has 140 valence electrons. The first-order valence-corrected chi connectivity index (χ1v) is 10.2. The maximum absolute atomic E-state index is 12.7. The van der Waals surface area contributed by atoms with Crippen molar-refractivity contribution in [2.45, 2.75) is 18.2 Å². The lowest BCUT2D eigenvalue weighted by molar-refractivity contribution is -0.116. The number of carbonyl (C=O) groups is 1. The van der Waals surface area contributed by atoms with Crippen LogP contribution in [0, 0.1) is 6.92 Å². The van der Waals surface area contributed by atoms with Crippen molar-refractivity contribution in [3.63, 3.8) is 0 Å². The molecule has 1 amide bonds. The number of nitrogens with one attached hydrogen (secondary N) is 1. The fourth-order valence-corrected chi connectivity index (χ4v) is 4.17. The van der Waals surface area contributed by atoms with Gasteiger partial charge in [-0.3, -0.25) is 4.79 Å². The van der Waals surface area contributed by atoms with Gasteiger partial charge in [0.1, 0.15) is 0 Å². The zero-order valence-corrected chi connectivity index (χ0v) is 16.0. The minimum Gasteiger partial charge on any atom is -0.490 e. The second-order valence-electron chi connectivity index (χ2n) is 5.74. The summed E-state index contributed by atoms with van der Waals surface area (Å²) in [5.41, 5.74) is 0. The number of aromatic nitrogens is 1. The average molecular weight is 397 g/mol. The zero-order valence-electron chi connectivity index (χ0n) is 14.4. The van der Waals surface area contributed by atoms with Crippen molar-refractivity contribution in [1.29, 1.82) is 0 Å². The van der Waals surface area contributed by atoms with Gasteiger partial charge in [-0.2, -0.15) is 4.31 Å². The number of anilines is 1. The molecule has 0 radical (unpaired) electrons. The fourth-order valence-electron chi connectivity index (χ4n) is 2.34. The molecular weight excluding hydrogens is 378 g/mol. The molecule has 1 N–H and O–H groups in total. The molecule has 10 heteroatoms. The van der Waals surface area contributed by atoms with Gasteiger partial charge >= 0.3 is 0 Å². The minimum atomic E-state index is -3.85. The van der Waals surface area contributed by atoms with Crippen LogP contribution in [-0.2, 0) is 14.8 Å². The Bertz CT molecular complexity index is 910. The van der Waals surface area contributed by atoms with Gasteiger partial charge in [-0.25, -0.2) is 13.4 Å². The number of amides is 1. The molecule has 0 atom stereocenters. The first kappa shape index (κ1) is 18.6. The van der Waals surface area contributed by atoms with Gasteiger partial charge in [0, 0.05) is 30.6 Å². The van der Waals surface area contributed by atoms with Gasteiger partial charge in [0.2, 0.25) is 15.9 Å². The summed E-state index contributed by atoms with van der Waals surface area (Å²) in [5.74, 6) is 0.445. The smallest absolute Gasteiger partial charge is 0.243 e. The van der Waals surface area contributed by atoms with Crippen molar-refractivity contribution in [2.24, 2.45) is 0 Å². The highest BCUT2D eigenvalue weighted by Crippen LogP contribution is 2.32. The normalized spacial score (nSPS) is 14.1. The second-order valence-corrected chi connectivity index (χ2v) is 9.02. The van der Waals surface area contributed by atoms with E-state index in [0.29, 0.717) is 29.8 Å². The number of fused-ring (bicyclic) bond motifs is 1. The van der Waals surface area contributed by atoms with Crippen LogP contribution >= 0.6 is 11.3 Å². The summed E-state index contributed by atoms with van der Waals surface area (Å²) in [6.45, 7) is 2.53. The Hall–Kier alpha value is -2.17. The summed E-state index contributed by atoms with van der Waals surface area (Å²) >= 11 is 1.32. The zero-order chi connectivity index (χ0) is 18.7. The number of carbonyl (C=O) groups excluding carboxylic acids is 1. The molecular formula is C16H19N3O5S2. The SMILES string of the molecule is Cc1cnc(NC(=O)CN(C)S(=O)(=O)c2ccc3c(c2)OCCCO3)s1.